The van der Waals surface area contributed by atoms with Gasteiger partial charge in [0.15, 0.2) is 5.82 Å². The Kier molecular flexibility index (Phi) is 4.08. The quantitative estimate of drug-likeness (QED) is 0.848. The van der Waals surface area contributed by atoms with Gasteiger partial charge in [0.05, 0.1) is 36.6 Å². The number of aliphatic hydroxyl groups excluding tert-OH is 1. The molecule has 2 aromatic heterocycles. The van der Waals surface area contributed by atoms with Crippen molar-refractivity contribution in [3.05, 3.63) is 42.0 Å². The molecule has 0 aromatic carbocycles. The summed E-state index contributed by atoms with van der Waals surface area (Å²) in [6.45, 7) is 2.29. The van der Waals surface area contributed by atoms with Gasteiger partial charge in [-0.15, -0.1) is 0 Å². The summed E-state index contributed by atoms with van der Waals surface area (Å²) in [5, 5.41) is 12.4. The summed E-state index contributed by atoms with van der Waals surface area (Å²) in [5.41, 5.74) is 1.74. The Hall–Kier alpha value is -2.38. The van der Waals surface area contributed by atoms with Crippen molar-refractivity contribution in [1.29, 1.82) is 0 Å². The highest BCUT2D eigenvalue weighted by Crippen LogP contribution is 2.15. The van der Waals surface area contributed by atoms with Crippen molar-refractivity contribution in [3.8, 4) is 11.4 Å². The fraction of sp³-hybridized carbons (Fsp3) is 0.333. The molecule has 0 unspecified atom stereocenters. The molecule has 0 spiro atoms. The zero-order valence-corrected chi connectivity index (χ0v) is 12.1. The number of pyridine rings is 1. The van der Waals surface area contributed by atoms with Gasteiger partial charge in [-0.05, 0) is 19.1 Å². The van der Waals surface area contributed by atoms with Crippen LogP contribution in [0.1, 0.15) is 16.1 Å². The number of carbonyl (C=O) groups is 1. The van der Waals surface area contributed by atoms with Crippen LogP contribution in [0.5, 0.6) is 0 Å². The van der Waals surface area contributed by atoms with Gasteiger partial charge in [-0.1, -0.05) is 0 Å². The summed E-state index contributed by atoms with van der Waals surface area (Å²) >= 11 is 0. The highest BCUT2D eigenvalue weighted by Gasteiger charge is 2.28. The Bertz CT molecular complexity index is 678. The molecule has 22 heavy (non-hydrogen) atoms. The molecule has 1 aliphatic rings. The van der Waals surface area contributed by atoms with Gasteiger partial charge < -0.3 is 15.2 Å². The van der Waals surface area contributed by atoms with Gasteiger partial charge in [-0.3, -0.25) is 9.78 Å². The Morgan fingerprint density at radius 3 is 2.91 bits per heavy atom. The maximum Gasteiger partial charge on any atom is 0.255 e. The normalized spacial score (nSPS) is 20.8. The Labute approximate surface area is 127 Å². The number of aromatic nitrogens is 3. The minimum Gasteiger partial charge on any atom is -0.388 e. The van der Waals surface area contributed by atoms with E-state index in [1.54, 1.807) is 25.4 Å². The highest BCUT2D eigenvalue weighted by atomic mass is 16.5. The molecule has 2 atom stereocenters. The standard InChI is InChI=1S/C15H16N4O3/c1-9-11(15(21)19-12-7-22-8-13(12)20)6-17-14(18-9)10-3-2-4-16-5-10/h2-6,12-13,20H,7-8H2,1H3,(H,19,21)/t12-,13-/m0/s1. The van der Waals surface area contributed by atoms with Gasteiger partial charge in [0.1, 0.15) is 0 Å². The summed E-state index contributed by atoms with van der Waals surface area (Å²) in [4.78, 5) is 24.8. The van der Waals surface area contributed by atoms with E-state index in [0.29, 0.717) is 23.7 Å². The molecule has 1 fully saturated rings. The number of ether oxygens (including phenoxy) is 1. The van der Waals surface area contributed by atoms with Crippen LogP contribution in [0.4, 0.5) is 0 Å². The molecule has 3 rings (SSSR count). The van der Waals surface area contributed by atoms with Crippen molar-refractivity contribution in [1.82, 2.24) is 20.3 Å². The number of aryl methyl sites for hydroxylation is 1. The molecule has 0 bridgehead atoms. The first-order valence-corrected chi connectivity index (χ1v) is 6.96. The summed E-state index contributed by atoms with van der Waals surface area (Å²) < 4.78 is 5.11. The second-order valence-corrected chi connectivity index (χ2v) is 5.12. The maximum absolute atomic E-state index is 12.2. The van der Waals surface area contributed by atoms with E-state index >= 15 is 0 Å². The van der Waals surface area contributed by atoms with Crippen LogP contribution in [0.15, 0.2) is 30.7 Å². The largest absolute Gasteiger partial charge is 0.388 e. The van der Waals surface area contributed by atoms with Gasteiger partial charge >= 0.3 is 0 Å². The number of aliphatic hydroxyl groups is 1. The predicted octanol–water partition coefficient (Wildman–Crippen LogP) is 0.337. The van der Waals surface area contributed by atoms with Crippen LogP contribution in [0.3, 0.4) is 0 Å². The van der Waals surface area contributed by atoms with Crippen LogP contribution in [-0.2, 0) is 4.74 Å². The van der Waals surface area contributed by atoms with E-state index in [1.165, 1.54) is 6.20 Å². The second-order valence-electron chi connectivity index (χ2n) is 5.12. The predicted molar refractivity (Wildman–Crippen MR) is 78.1 cm³/mol. The molecule has 114 valence electrons. The van der Waals surface area contributed by atoms with Gasteiger partial charge in [-0.2, -0.15) is 0 Å². The summed E-state index contributed by atoms with van der Waals surface area (Å²) in [6.07, 6.45) is 4.15. The second kappa shape index (κ2) is 6.17. The molecule has 3 heterocycles. The molecule has 0 aliphatic carbocycles. The molecule has 0 radical (unpaired) electrons. The third kappa shape index (κ3) is 2.95. The Morgan fingerprint density at radius 1 is 1.41 bits per heavy atom. The minimum absolute atomic E-state index is 0.236. The van der Waals surface area contributed by atoms with E-state index in [0.717, 1.165) is 5.56 Å². The van der Waals surface area contributed by atoms with Crippen molar-refractivity contribution in [2.45, 2.75) is 19.1 Å². The highest BCUT2D eigenvalue weighted by molar-refractivity contribution is 5.95. The lowest BCUT2D eigenvalue weighted by Gasteiger charge is -2.15. The molecule has 1 amide bonds. The van der Waals surface area contributed by atoms with Crippen molar-refractivity contribution < 1.29 is 14.6 Å². The topological polar surface area (TPSA) is 97.2 Å². The van der Waals surface area contributed by atoms with E-state index in [1.807, 2.05) is 6.07 Å². The van der Waals surface area contributed by atoms with Crippen molar-refractivity contribution in [2.24, 2.45) is 0 Å². The smallest absolute Gasteiger partial charge is 0.255 e. The third-order valence-corrected chi connectivity index (χ3v) is 3.51. The van der Waals surface area contributed by atoms with E-state index in [-0.39, 0.29) is 12.5 Å². The van der Waals surface area contributed by atoms with Crippen molar-refractivity contribution in [2.75, 3.05) is 13.2 Å². The Morgan fingerprint density at radius 2 is 2.27 bits per heavy atom. The average Bonchev–Trinajstić information content (AvgIpc) is 2.93. The molecule has 7 heteroatoms. The number of carbonyl (C=O) groups excluding carboxylic acids is 1. The summed E-state index contributed by atoms with van der Waals surface area (Å²) in [5.74, 6) is 0.205. The van der Waals surface area contributed by atoms with Crippen LogP contribution in [0, 0.1) is 6.92 Å². The molecular formula is C15H16N4O3. The van der Waals surface area contributed by atoms with E-state index in [4.69, 9.17) is 4.74 Å². The van der Waals surface area contributed by atoms with E-state index in [9.17, 15) is 9.90 Å². The monoisotopic (exact) mass is 300 g/mol. The molecule has 0 saturated carbocycles. The average molecular weight is 300 g/mol. The molecule has 1 saturated heterocycles. The molecule has 2 N–H and O–H groups in total. The number of nitrogens with zero attached hydrogens (tertiary/aromatic N) is 3. The number of hydrogen-bond acceptors (Lipinski definition) is 6. The van der Waals surface area contributed by atoms with Crippen LogP contribution >= 0.6 is 0 Å². The number of amides is 1. The van der Waals surface area contributed by atoms with Crippen LogP contribution in [-0.4, -0.2) is 51.3 Å². The lowest BCUT2D eigenvalue weighted by molar-refractivity contribution is 0.0885. The van der Waals surface area contributed by atoms with Gasteiger partial charge in [-0.25, -0.2) is 9.97 Å². The fourth-order valence-electron chi connectivity index (χ4n) is 2.25. The van der Waals surface area contributed by atoms with Crippen LogP contribution in [0.2, 0.25) is 0 Å². The molecule has 1 aliphatic heterocycles. The fourth-order valence-corrected chi connectivity index (χ4v) is 2.25. The van der Waals surface area contributed by atoms with Crippen molar-refractivity contribution in [3.63, 3.8) is 0 Å². The number of hydrogen-bond donors (Lipinski definition) is 2. The van der Waals surface area contributed by atoms with E-state index in [2.05, 4.69) is 20.3 Å². The number of nitrogens with one attached hydrogen (secondary N) is 1. The summed E-state index contributed by atoms with van der Waals surface area (Å²) in [7, 11) is 0. The first-order chi connectivity index (χ1) is 10.6. The van der Waals surface area contributed by atoms with Crippen LogP contribution < -0.4 is 5.32 Å². The maximum atomic E-state index is 12.2. The summed E-state index contributed by atoms with van der Waals surface area (Å²) in [6, 6.07) is 3.26. The first-order valence-electron chi connectivity index (χ1n) is 6.96. The molecule has 7 nitrogen and oxygen atoms in total. The SMILES string of the molecule is Cc1nc(-c2cccnc2)ncc1C(=O)N[C@H]1COC[C@@H]1O. The minimum atomic E-state index is -0.681. The zero-order chi connectivity index (χ0) is 15.5. The van der Waals surface area contributed by atoms with Gasteiger partial charge in [0, 0.05) is 24.2 Å². The lowest BCUT2D eigenvalue weighted by atomic mass is 10.1. The van der Waals surface area contributed by atoms with E-state index < -0.39 is 12.1 Å². The molecular weight excluding hydrogens is 284 g/mol. The zero-order valence-electron chi connectivity index (χ0n) is 12.1. The first kappa shape index (κ1) is 14.6. The Balaban J connectivity index is 1.79. The number of rotatable bonds is 3. The van der Waals surface area contributed by atoms with Gasteiger partial charge in [0.25, 0.3) is 5.91 Å². The van der Waals surface area contributed by atoms with Gasteiger partial charge in [0.2, 0.25) is 0 Å². The van der Waals surface area contributed by atoms with Crippen LogP contribution in [0.25, 0.3) is 11.4 Å². The third-order valence-electron chi connectivity index (χ3n) is 3.51. The molecule has 2 aromatic rings. The lowest BCUT2D eigenvalue weighted by Crippen LogP contribution is -2.42. The van der Waals surface area contributed by atoms with Crippen molar-refractivity contribution >= 4 is 5.91 Å².